The molecule has 2 heterocycles. The maximum atomic E-state index is 14.1. The number of pyridine rings is 1. The first-order chi connectivity index (χ1) is 13.5. The van der Waals surface area contributed by atoms with Crippen LogP contribution in [0.15, 0.2) is 58.5 Å². The third kappa shape index (κ3) is 3.49. The van der Waals surface area contributed by atoms with Crippen LogP contribution in [0.3, 0.4) is 0 Å². The van der Waals surface area contributed by atoms with Gasteiger partial charge in [0.25, 0.3) is 0 Å². The smallest absolute Gasteiger partial charge is 0.210 e. The molecule has 6 heteroatoms. The SMILES string of the molecule is Cc1ccc(S(=O)(=O)c2cnc3ccc(F)cc3c2N2CCCCCC2)cc1. The van der Waals surface area contributed by atoms with Crippen molar-refractivity contribution < 1.29 is 12.8 Å². The molecule has 4 nitrogen and oxygen atoms in total. The van der Waals surface area contributed by atoms with E-state index in [1.165, 1.54) is 18.3 Å². The first-order valence-corrected chi connectivity index (χ1v) is 11.1. The molecule has 0 unspecified atom stereocenters. The Labute approximate surface area is 164 Å². The van der Waals surface area contributed by atoms with Gasteiger partial charge in [0.15, 0.2) is 0 Å². The monoisotopic (exact) mass is 398 g/mol. The summed E-state index contributed by atoms with van der Waals surface area (Å²) < 4.78 is 41.0. The van der Waals surface area contributed by atoms with Crippen molar-refractivity contribution in [3.63, 3.8) is 0 Å². The lowest BCUT2D eigenvalue weighted by molar-refractivity contribution is 0.595. The number of benzene rings is 2. The lowest BCUT2D eigenvalue weighted by atomic mass is 10.1. The minimum absolute atomic E-state index is 0.149. The van der Waals surface area contributed by atoms with Gasteiger partial charge >= 0.3 is 0 Å². The van der Waals surface area contributed by atoms with Gasteiger partial charge in [0.2, 0.25) is 9.84 Å². The van der Waals surface area contributed by atoms with Crippen LogP contribution in [0.4, 0.5) is 10.1 Å². The van der Waals surface area contributed by atoms with E-state index in [9.17, 15) is 12.8 Å². The number of halogens is 1. The predicted molar refractivity (Wildman–Crippen MR) is 109 cm³/mol. The van der Waals surface area contributed by atoms with Gasteiger partial charge in [0, 0.05) is 24.7 Å². The summed E-state index contributed by atoms with van der Waals surface area (Å²) in [6.07, 6.45) is 5.64. The van der Waals surface area contributed by atoms with E-state index in [2.05, 4.69) is 9.88 Å². The summed E-state index contributed by atoms with van der Waals surface area (Å²) >= 11 is 0. The zero-order valence-electron chi connectivity index (χ0n) is 15.9. The van der Waals surface area contributed by atoms with Crippen molar-refractivity contribution in [1.29, 1.82) is 0 Å². The van der Waals surface area contributed by atoms with Crippen LogP contribution < -0.4 is 4.90 Å². The molecular weight excluding hydrogens is 375 g/mol. The maximum Gasteiger partial charge on any atom is 0.210 e. The standard InChI is InChI=1S/C22H23FN2O2S/c1-16-6-9-18(10-7-16)28(26,27)21-15-24-20-11-8-17(23)14-19(20)22(21)25-12-4-2-3-5-13-25/h6-11,14-15H,2-5,12-13H2,1H3. The van der Waals surface area contributed by atoms with Gasteiger partial charge in [0.1, 0.15) is 10.7 Å². The maximum absolute atomic E-state index is 14.1. The molecule has 0 spiro atoms. The molecule has 0 atom stereocenters. The first-order valence-electron chi connectivity index (χ1n) is 9.62. The van der Waals surface area contributed by atoms with E-state index in [1.807, 2.05) is 6.92 Å². The van der Waals surface area contributed by atoms with E-state index in [0.29, 0.717) is 16.6 Å². The number of hydrogen-bond acceptors (Lipinski definition) is 4. The van der Waals surface area contributed by atoms with Gasteiger partial charge in [-0.1, -0.05) is 30.5 Å². The second-order valence-corrected chi connectivity index (χ2v) is 9.27. The highest BCUT2D eigenvalue weighted by Crippen LogP contribution is 2.37. The Morgan fingerprint density at radius 1 is 0.964 bits per heavy atom. The van der Waals surface area contributed by atoms with Gasteiger partial charge in [-0.2, -0.15) is 0 Å². The summed E-state index contributed by atoms with van der Waals surface area (Å²) in [7, 11) is -3.78. The average Bonchev–Trinajstić information content (AvgIpc) is 2.96. The van der Waals surface area contributed by atoms with E-state index < -0.39 is 15.7 Å². The quantitative estimate of drug-likeness (QED) is 0.630. The first kappa shape index (κ1) is 18.9. The molecule has 0 saturated carbocycles. The molecule has 0 bridgehead atoms. The Hall–Kier alpha value is -2.47. The molecule has 1 saturated heterocycles. The van der Waals surface area contributed by atoms with Crippen molar-refractivity contribution >= 4 is 26.4 Å². The van der Waals surface area contributed by atoms with Crippen LogP contribution in [0.25, 0.3) is 10.9 Å². The third-order valence-corrected chi connectivity index (χ3v) is 7.08. The van der Waals surface area contributed by atoms with Gasteiger partial charge in [-0.05, 0) is 50.1 Å². The summed E-state index contributed by atoms with van der Waals surface area (Å²) in [4.78, 5) is 6.81. The normalized spacial score (nSPS) is 15.6. The molecule has 28 heavy (non-hydrogen) atoms. The molecule has 3 aromatic rings. The number of nitrogens with zero attached hydrogens (tertiary/aromatic N) is 2. The highest BCUT2D eigenvalue weighted by molar-refractivity contribution is 7.91. The van der Waals surface area contributed by atoms with Crippen LogP contribution >= 0.6 is 0 Å². The lowest BCUT2D eigenvalue weighted by Gasteiger charge is -2.26. The number of aryl methyl sites for hydroxylation is 1. The molecule has 1 aliphatic rings. The van der Waals surface area contributed by atoms with Crippen LogP contribution in [-0.4, -0.2) is 26.5 Å². The van der Waals surface area contributed by atoms with E-state index in [4.69, 9.17) is 0 Å². The molecule has 2 aromatic carbocycles. The molecular formula is C22H23FN2O2S. The van der Waals surface area contributed by atoms with Crippen molar-refractivity contribution in [2.75, 3.05) is 18.0 Å². The van der Waals surface area contributed by atoms with E-state index in [0.717, 1.165) is 44.3 Å². The fourth-order valence-electron chi connectivity index (χ4n) is 3.79. The summed E-state index contributed by atoms with van der Waals surface area (Å²) in [5.41, 5.74) is 2.17. The number of hydrogen-bond donors (Lipinski definition) is 0. The highest BCUT2D eigenvalue weighted by Gasteiger charge is 2.27. The Kier molecular flexibility index (Phi) is 5.06. The van der Waals surface area contributed by atoms with E-state index >= 15 is 0 Å². The van der Waals surface area contributed by atoms with Crippen molar-refractivity contribution in [2.45, 2.75) is 42.4 Å². The second kappa shape index (κ2) is 7.51. The van der Waals surface area contributed by atoms with Gasteiger partial charge in [-0.3, -0.25) is 4.98 Å². The third-order valence-electron chi connectivity index (χ3n) is 5.31. The Bertz CT molecular complexity index is 1100. The number of anilines is 1. The lowest BCUT2D eigenvalue weighted by Crippen LogP contribution is -2.26. The summed E-state index contributed by atoms with van der Waals surface area (Å²) in [5, 5.41) is 0.551. The summed E-state index contributed by atoms with van der Waals surface area (Å²) in [6, 6.07) is 11.2. The van der Waals surface area contributed by atoms with E-state index in [-0.39, 0.29) is 9.79 Å². The number of aromatic nitrogens is 1. The zero-order valence-corrected chi connectivity index (χ0v) is 16.7. The topological polar surface area (TPSA) is 50.3 Å². The molecule has 1 aromatic heterocycles. The Balaban J connectivity index is 1.97. The van der Waals surface area contributed by atoms with Crippen molar-refractivity contribution in [1.82, 2.24) is 4.98 Å². The predicted octanol–water partition coefficient (Wildman–Crippen LogP) is 4.90. The Morgan fingerprint density at radius 3 is 2.32 bits per heavy atom. The fraction of sp³-hybridized carbons (Fsp3) is 0.318. The van der Waals surface area contributed by atoms with E-state index in [1.54, 1.807) is 30.3 Å². The van der Waals surface area contributed by atoms with Crippen LogP contribution in [0, 0.1) is 12.7 Å². The van der Waals surface area contributed by atoms with Crippen LogP contribution in [-0.2, 0) is 9.84 Å². The highest BCUT2D eigenvalue weighted by atomic mass is 32.2. The molecule has 0 amide bonds. The summed E-state index contributed by atoms with van der Waals surface area (Å²) in [6.45, 7) is 3.43. The van der Waals surface area contributed by atoms with Gasteiger partial charge in [-0.25, -0.2) is 12.8 Å². The molecule has 146 valence electrons. The molecule has 1 fully saturated rings. The van der Waals surface area contributed by atoms with Gasteiger partial charge < -0.3 is 4.90 Å². The molecule has 1 aliphatic heterocycles. The van der Waals surface area contributed by atoms with Gasteiger partial charge in [0.05, 0.1) is 16.1 Å². The van der Waals surface area contributed by atoms with Gasteiger partial charge in [-0.15, -0.1) is 0 Å². The average molecular weight is 399 g/mol. The van der Waals surface area contributed by atoms with Crippen LogP contribution in [0.2, 0.25) is 0 Å². The number of fused-ring (bicyclic) bond motifs is 1. The Morgan fingerprint density at radius 2 is 1.64 bits per heavy atom. The number of rotatable bonds is 3. The largest absolute Gasteiger partial charge is 0.370 e. The van der Waals surface area contributed by atoms with Crippen molar-refractivity contribution in [3.8, 4) is 0 Å². The molecule has 0 radical (unpaired) electrons. The molecule has 0 N–H and O–H groups in total. The number of sulfone groups is 1. The zero-order chi connectivity index (χ0) is 19.7. The van der Waals surface area contributed by atoms with Crippen LogP contribution in [0.1, 0.15) is 31.2 Å². The minimum atomic E-state index is -3.78. The molecule has 4 rings (SSSR count). The summed E-state index contributed by atoms with van der Waals surface area (Å²) in [5.74, 6) is -0.393. The van der Waals surface area contributed by atoms with Crippen molar-refractivity contribution in [3.05, 3.63) is 60.0 Å². The van der Waals surface area contributed by atoms with Crippen LogP contribution in [0.5, 0.6) is 0 Å². The fourth-order valence-corrected chi connectivity index (χ4v) is 5.23. The molecule has 0 aliphatic carbocycles. The van der Waals surface area contributed by atoms with Crippen molar-refractivity contribution in [2.24, 2.45) is 0 Å². The minimum Gasteiger partial charge on any atom is -0.370 e. The second-order valence-electron chi connectivity index (χ2n) is 7.35.